The molecule has 0 atom stereocenters. The topological polar surface area (TPSA) is 92.9 Å². The van der Waals surface area contributed by atoms with Crippen molar-refractivity contribution in [1.82, 2.24) is 20.6 Å². The summed E-state index contributed by atoms with van der Waals surface area (Å²) in [5, 5.41) is 4.43. The van der Waals surface area contributed by atoms with Gasteiger partial charge in [-0.3, -0.25) is 15.2 Å². The van der Waals surface area contributed by atoms with Gasteiger partial charge in [0.15, 0.2) is 0 Å². The number of halogens is 2. The molecular weight excluding hydrogens is 386 g/mol. The van der Waals surface area contributed by atoms with Crippen LogP contribution >= 0.6 is 27.5 Å². The first-order valence-electron chi connectivity index (χ1n) is 6.38. The Labute approximate surface area is 144 Å². The predicted octanol–water partition coefficient (Wildman–Crippen LogP) is 3.30. The maximum atomic E-state index is 11.9. The van der Waals surface area contributed by atoms with E-state index in [1.165, 1.54) is 6.20 Å². The van der Waals surface area contributed by atoms with Crippen molar-refractivity contribution >= 4 is 39.5 Å². The summed E-state index contributed by atoms with van der Waals surface area (Å²) in [5.74, 6) is -0.00687. The van der Waals surface area contributed by atoms with Crippen LogP contribution in [0.3, 0.4) is 0 Å². The molecule has 1 amide bonds. The molecule has 2 N–H and O–H groups in total. The highest BCUT2D eigenvalue weighted by atomic mass is 79.9. The quantitative estimate of drug-likeness (QED) is 0.660. The van der Waals surface area contributed by atoms with Crippen LogP contribution in [0.4, 0.5) is 6.01 Å². The minimum Gasteiger partial charge on any atom is -0.313 e. The number of hydrogen-bond acceptors (Lipinski definition) is 6. The highest BCUT2D eigenvalue weighted by molar-refractivity contribution is 9.10. The van der Waals surface area contributed by atoms with Crippen molar-refractivity contribution in [2.75, 3.05) is 5.43 Å². The van der Waals surface area contributed by atoms with E-state index in [1.807, 2.05) is 0 Å². The minimum atomic E-state index is -0.384. The van der Waals surface area contributed by atoms with E-state index in [0.29, 0.717) is 20.9 Å². The zero-order chi connectivity index (χ0) is 16.2. The fourth-order valence-corrected chi connectivity index (χ4v) is 2.20. The van der Waals surface area contributed by atoms with E-state index >= 15 is 0 Å². The molecule has 0 aliphatic carbocycles. The summed E-state index contributed by atoms with van der Waals surface area (Å²) in [5.41, 5.74) is 6.13. The van der Waals surface area contributed by atoms with Gasteiger partial charge in [-0.05, 0) is 46.3 Å². The van der Waals surface area contributed by atoms with Crippen LogP contribution in [0.2, 0.25) is 5.02 Å². The Kier molecular flexibility index (Phi) is 4.54. The number of benzene rings is 1. The van der Waals surface area contributed by atoms with E-state index in [2.05, 4.69) is 41.9 Å². The Morgan fingerprint density at radius 3 is 2.74 bits per heavy atom. The van der Waals surface area contributed by atoms with Crippen LogP contribution in [0.5, 0.6) is 0 Å². The number of nitrogens with zero attached hydrogens (tertiary/aromatic N) is 3. The number of carbonyl (C=O) groups is 1. The lowest BCUT2D eigenvalue weighted by Gasteiger charge is -2.03. The molecule has 23 heavy (non-hydrogen) atoms. The van der Waals surface area contributed by atoms with Gasteiger partial charge in [0.05, 0.1) is 5.56 Å². The lowest BCUT2D eigenvalue weighted by molar-refractivity contribution is 0.0960. The lowest BCUT2D eigenvalue weighted by Crippen LogP contribution is -2.29. The van der Waals surface area contributed by atoms with Crippen LogP contribution in [-0.2, 0) is 0 Å². The Bertz CT molecular complexity index is 837. The number of hydrazine groups is 1. The second-order valence-corrected chi connectivity index (χ2v) is 5.75. The molecular formula is C14H9BrClN5O2. The molecule has 0 aliphatic heterocycles. The fraction of sp³-hybridized carbons (Fsp3) is 0. The van der Waals surface area contributed by atoms with Gasteiger partial charge in [0.2, 0.25) is 5.82 Å². The molecule has 2 heterocycles. The second kappa shape index (κ2) is 6.76. The maximum absolute atomic E-state index is 11.9. The van der Waals surface area contributed by atoms with Crippen LogP contribution in [0.15, 0.2) is 51.7 Å². The smallest absolute Gasteiger partial charge is 0.313 e. The third-order valence-electron chi connectivity index (χ3n) is 2.78. The zero-order valence-electron chi connectivity index (χ0n) is 11.5. The summed E-state index contributed by atoms with van der Waals surface area (Å²) in [7, 11) is 0. The number of hydrogen-bond donors (Lipinski definition) is 2. The Balaban J connectivity index is 1.65. The first kappa shape index (κ1) is 15.4. The van der Waals surface area contributed by atoms with Crippen molar-refractivity contribution in [2.24, 2.45) is 0 Å². The second-order valence-electron chi connectivity index (χ2n) is 4.40. The van der Waals surface area contributed by atoms with Gasteiger partial charge in [-0.15, -0.1) is 0 Å². The van der Waals surface area contributed by atoms with Crippen molar-refractivity contribution in [3.8, 4) is 11.4 Å². The molecule has 0 fully saturated rings. The van der Waals surface area contributed by atoms with E-state index in [9.17, 15) is 4.79 Å². The Morgan fingerprint density at radius 1 is 1.22 bits per heavy atom. The summed E-state index contributed by atoms with van der Waals surface area (Å²) in [6.45, 7) is 0. The number of amides is 1. The SMILES string of the molecule is O=C(NNc1nc(-c2ccc(Cl)cc2)no1)c1cncc(Br)c1. The fourth-order valence-electron chi connectivity index (χ4n) is 1.71. The summed E-state index contributed by atoms with van der Waals surface area (Å²) < 4.78 is 5.72. The number of aromatic nitrogens is 3. The van der Waals surface area contributed by atoms with Gasteiger partial charge in [-0.2, -0.15) is 4.98 Å². The van der Waals surface area contributed by atoms with Crippen LogP contribution in [-0.4, -0.2) is 21.0 Å². The van der Waals surface area contributed by atoms with Gasteiger partial charge >= 0.3 is 6.01 Å². The molecule has 7 nitrogen and oxygen atoms in total. The standard InChI is InChI=1S/C14H9BrClN5O2/c15-10-5-9(6-17-7-10)13(22)19-20-14-18-12(21-23-14)8-1-3-11(16)4-2-8/h1-7H,(H,19,22)(H,18,20,21). The summed E-state index contributed by atoms with van der Waals surface area (Å²) >= 11 is 9.07. The molecule has 3 rings (SSSR count). The van der Waals surface area contributed by atoms with Crippen LogP contribution in [0, 0.1) is 0 Å². The molecule has 0 bridgehead atoms. The van der Waals surface area contributed by atoms with E-state index in [0.717, 1.165) is 5.56 Å². The van der Waals surface area contributed by atoms with Gasteiger partial charge in [-0.25, -0.2) is 5.43 Å². The molecule has 0 unspecified atom stereocenters. The molecule has 0 aliphatic rings. The largest absolute Gasteiger partial charge is 0.340 e. The average Bonchev–Trinajstić information content (AvgIpc) is 3.02. The first-order valence-corrected chi connectivity index (χ1v) is 7.55. The molecule has 2 aromatic heterocycles. The van der Waals surface area contributed by atoms with Crippen molar-refractivity contribution in [3.05, 3.63) is 57.8 Å². The molecule has 1 aromatic carbocycles. The van der Waals surface area contributed by atoms with E-state index < -0.39 is 0 Å². The van der Waals surface area contributed by atoms with Crippen LogP contribution in [0.25, 0.3) is 11.4 Å². The summed E-state index contributed by atoms with van der Waals surface area (Å²) in [6, 6.07) is 8.68. The highest BCUT2D eigenvalue weighted by Gasteiger charge is 2.10. The molecule has 3 aromatic rings. The van der Waals surface area contributed by atoms with Crippen molar-refractivity contribution in [1.29, 1.82) is 0 Å². The van der Waals surface area contributed by atoms with E-state index in [-0.39, 0.29) is 11.9 Å². The van der Waals surface area contributed by atoms with Gasteiger partial charge in [0.1, 0.15) is 0 Å². The summed E-state index contributed by atoms with van der Waals surface area (Å²) in [6.07, 6.45) is 3.02. The average molecular weight is 395 g/mol. The number of pyridine rings is 1. The molecule has 0 saturated heterocycles. The Morgan fingerprint density at radius 2 is 2.00 bits per heavy atom. The van der Waals surface area contributed by atoms with Crippen LogP contribution in [0.1, 0.15) is 10.4 Å². The zero-order valence-corrected chi connectivity index (χ0v) is 13.8. The monoisotopic (exact) mass is 393 g/mol. The third kappa shape index (κ3) is 3.85. The molecule has 0 radical (unpaired) electrons. The lowest BCUT2D eigenvalue weighted by atomic mass is 10.2. The predicted molar refractivity (Wildman–Crippen MR) is 87.8 cm³/mol. The van der Waals surface area contributed by atoms with E-state index in [4.69, 9.17) is 16.1 Å². The molecule has 0 saturated carbocycles. The third-order valence-corrected chi connectivity index (χ3v) is 3.46. The normalized spacial score (nSPS) is 10.3. The number of carbonyl (C=O) groups excluding carboxylic acids is 1. The molecule has 9 heteroatoms. The van der Waals surface area contributed by atoms with Crippen LogP contribution < -0.4 is 10.9 Å². The number of rotatable bonds is 4. The maximum Gasteiger partial charge on any atom is 0.340 e. The van der Waals surface area contributed by atoms with Gasteiger partial charge in [0.25, 0.3) is 5.91 Å². The van der Waals surface area contributed by atoms with Crippen molar-refractivity contribution < 1.29 is 9.32 Å². The van der Waals surface area contributed by atoms with Crippen molar-refractivity contribution in [2.45, 2.75) is 0 Å². The van der Waals surface area contributed by atoms with E-state index in [1.54, 1.807) is 36.5 Å². The highest BCUT2D eigenvalue weighted by Crippen LogP contribution is 2.19. The number of anilines is 1. The molecule has 0 spiro atoms. The summed E-state index contributed by atoms with van der Waals surface area (Å²) in [4.78, 5) is 20.0. The van der Waals surface area contributed by atoms with Gasteiger partial charge in [0, 0.05) is 27.5 Å². The van der Waals surface area contributed by atoms with Crippen molar-refractivity contribution in [3.63, 3.8) is 0 Å². The first-order chi connectivity index (χ1) is 11.1. The molecule has 116 valence electrons. The van der Waals surface area contributed by atoms with Gasteiger partial charge < -0.3 is 4.52 Å². The van der Waals surface area contributed by atoms with Gasteiger partial charge in [-0.1, -0.05) is 16.8 Å². The Hall–Kier alpha value is -2.45. The number of nitrogens with one attached hydrogen (secondary N) is 2. The minimum absolute atomic E-state index is 0.0613.